The standard InChI is InChI=1S/C9H18N2S/c1-7(2)12-6-9(3-4-9)5-8(10)11/h7H,3-6H2,1-2H3,(H3,10,11). The van der Waals surface area contributed by atoms with Crippen LogP contribution in [0.2, 0.25) is 0 Å². The topological polar surface area (TPSA) is 49.9 Å². The molecule has 3 N–H and O–H groups in total. The lowest BCUT2D eigenvalue weighted by Crippen LogP contribution is -2.18. The van der Waals surface area contributed by atoms with Crippen molar-refractivity contribution in [3.63, 3.8) is 0 Å². The molecule has 1 fully saturated rings. The van der Waals surface area contributed by atoms with Gasteiger partial charge in [-0.05, 0) is 29.3 Å². The van der Waals surface area contributed by atoms with Crippen molar-refractivity contribution in [2.45, 2.75) is 38.4 Å². The maximum absolute atomic E-state index is 7.24. The van der Waals surface area contributed by atoms with E-state index in [-0.39, 0.29) is 0 Å². The van der Waals surface area contributed by atoms with Gasteiger partial charge in [0, 0.05) is 6.42 Å². The summed E-state index contributed by atoms with van der Waals surface area (Å²) in [6.07, 6.45) is 3.35. The Morgan fingerprint density at radius 1 is 1.58 bits per heavy atom. The zero-order valence-corrected chi connectivity index (χ0v) is 8.71. The van der Waals surface area contributed by atoms with Crippen LogP contribution in [0.3, 0.4) is 0 Å². The van der Waals surface area contributed by atoms with Crippen LogP contribution in [0, 0.1) is 10.8 Å². The van der Waals surface area contributed by atoms with Gasteiger partial charge in [-0.15, -0.1) is 0 Å². The molecule has 3 heteroatoms. The molecule has 1 rings (SSSR count). The molecule has 1 aliphatic carbocycles. The molecule has 0 bridgehead atoms. The second-order valence-corrected chi connectivity index (χ2v) is 5.63. The van der Waals surface area contributed by atoms with Crippen molar-refractivity contribution in [1.29, 1.82) is 5.41 Å². The lowest BCUT2D eigenvalue weighted by atomic mass is 10.1. The van der Waals surface area contributed by atoms with Gasteiger partial charge in [0.2, 0.25) is 0 Å². The third-order valence-electron chi connectivity index (χ3n) is 2.25. The number of nitrogens with two attached hydrogens (primary N) is 1. The van der Waals surface area contributed by atoms with Crippen molar-refractivity contribution >= 4 is 17.6 Å². The van der Waals surface area contributed by atoms with E-state index in [1.807, 2.05) is 11.8 Å². The molecule has 0 saturated heterocycles. The largest absolute Gasteiger partial charge is 0.388 e. The lowest BCUT2D eigenvalue weighted by Gasteiger charge is -2.14. The van der Waals surface area contributed by atoms with Crippen LogP contribution in [0.1, 0.15) is 33.1 Å². The molecule has 2 nitrogen and oxygen atoms in total. The Balaban J connectivity index is 2.25. The minimum absolute atomic E-state index is 0.358. The van der Waals surface area contributed by atoms with Crippen LogP contribution < -0.4 is 5.73 Å². The van der Waals surface area contributed by atoms with E-state index >= 15 is 0 Å². The van der Waals surface area contributed by atoms with E-state index in [0.29, 0.717) is 16.5 Å². The van der Waals surface area contributed by atoms with Gasteiger partial charge >= 0.3 is 0 Å². The van der Waals surface area contributed by atoms with Gasteiger partial charge in [0.05, 0.1) is 5.84 Å². The summed E-state index contributed by atoms with van der Waals surface area (Å²) in [5, 5.41) is 7.95. The lowest BCUT2D eigenvalue weighted by molar-refractivity contribution is 0.611. The number of hydrogen-bond donors (Lipinski definition) is 2. The van der Waals surface area contributed by atoms with E-state index in [2.05, 4.69) is 13.8 Å². The van der Waals surface area contributed by atoms with Crippen LogP contribution in [-0.4, -0.2) is 16.8 Å². The van der Waals surface area contributed by atoms with E-state index in [4.69, 9.17) is 11.1 Å². The number of amidine groups is 1. The molecule has 0 aromatic carbocycles. The SMILES string of the molecule is CC(C)SCC1(CC(=N)N)CC1. The predicted molar refractivity (Wildman–Crippen MR) is 55.8 cm³/mol. The molecule has 0 atom stereocenters. The molecule has 0 aliphatic heterocycles. The fourth-order valence-electron chi connectivity index (χ4n) is 1.30. The highest BCUT2D eigenvalue weighted by molar-refractivity contribution is 7.99. The molecular formula is C9H18N2S. The molecule has 0 aromatic rings. The number of thioether (sulfide) groups is 1. The number of rotatable bonds is 5. The van der Waals surface area contributed by atoms with Gasteiger partial charge in [-0.1, -0.05) is 13.8 Å². The van der Waals surface area contributed by atoms with Gasteiger partial charge < -0.3 is 5.73 Å². The predicted octanol–water partition coefficient (Wildman–Crippen LogP) is 2.23. The first kappa shape index (κ1) is 9.90. The highest BCUT2D eigenvalue weighted by atomic mass is 32.2. The quantitative estimate of drug-likeness (QED) is 0.511. The van der Waals surface area contributed by atoms with E-state index in [0.717, 1.165) is 6.42 Å². The van der Waals surface area contributed by atoms with Gasteiger partial charge in [0.1, 0.15) is 0 Å². The molecule has 70 valence electrons. The first-order valence-corrected chi connectivity index (χ1v) is 5.53. The molecule has 0 unspecified atom stereocenters. The Morgan fingerprint density at radius 3 is 2.50 bits per heavy atom. The molecule has 1 aliphatic rings. The molecular weight excluding hydrogens is 168 g/mol. The summed E-state index contributed by atoms with van der Waals surface area (Å²) in [6.45, 7) is 4.43. The van der Waals surface area contributed by atoms with Crippen molar-refractivity contribution in [1.82, 2.24) is 0 Å². The van der Waals surface area contributed by atoms with E-state index < -0.39 is 0 Å². The Hall–Kier alpha value is -0.180. The van der Waals surface area contributed by atoms with Crippen molar-refractivity contribution in [2.75, 3.05) is 5.75 Å². The van der Waals surface area contributed by atoms with Crippen molar-refractivity contribution in [3.8, 4) is 0 Å². The summed E-state index contributed by atoms with van der Waals surface area (Å²) in [7, 11) is 0. The zero-order valence-electron chi connectivity index (χ0n) is 7.89. The smallest absolute Gasteiger partial charge is 0.0911 e. The van der Waals surface area contributed by atoms with Crippen LogP contribution in [0.5, 0.6) is 0 Å². The molecule has 0 radical (unpaired) electrons. The second-order valence-electron chi connectivity index (χ2n) is 4.06. The fraction of sp³-hybridized carbons (Fsp3) is 0.889. The average molecular weight is 186 g/mol. The molecule has 1 saturated carbocycles. The van der Waals surface area contributed by atoms with Crippen LogP contribution in [0.15, 0.2) is 0 Å². The van der Waals surface area contributed by atoms with Gasteiger partial charge in [0.15, 0.2) is 0 Å². The number of hydrogen-bond acceptors (Lipinski definition) is 2. The Kier molecular flexibility index (Phi) is 3.04. The molecule has 0 aromatic heterocycles. The molecule has 0 heterocycles. The summed E-state index contributed by atoms with van der Waals surface area (Å²) >= 11 is 1.99. The first-order chi connectivity index (χ1) is 5.54. The highest BCUT2D eigenvalue weighted by Crippen LogP contribution is 2.51. The molecule has 0 spiro atoms. The first-order valence-electron chi connectivity index (χ1n) is 4.49. The third-order valence-corrected chi connectivity index (χ3v) is 3.69. The molecule has 12 heavy (non-hydrogen) atoms. The van der Waals surface area contributed by atoms with Crippen molar-refractivity contribution in [2.24, 2.45) is 11.1 Å². The highest BCUT2D eigenvalue weighted by Gasteiger charge is 2.42. The van der Waals surface area contributed by atoms with E-state index in [1.165, 1.54) is 18.6 Å². The Morgan fingerprint density at radius 2 is 2.17 bits per heavy atom. The maximum atomic E-state index is 7.24. The fourth-order valence-corrected chi connectivity index (χ4v) is 2.37. The van der Waals surface area contributed by atoms with Crippen LogP contribution >= 0.6 is 11.8 Å². The average Bonchev–Trinajstić information content (AvgIpc) is 2.64. The van der Waals surface area contributed by atoms with Crippen LogP contribution in [-0.2, 0) is 0 Å². The summed E-state index contributed by atoms with van der Waals surface area (Å²) in [5.41, 5.74) is 5.82. The van der Waals surface area contributed by atoms with Gasteiger partial charge in [-0.3, -0.25) is 5.41 Å². The maximum Gasteiger partial charge on any atom is 0.0911 e. The monoisotopic (exact) mass is 186 g/mol. The van der Waals surface area contributed by atoms with Crippen molar-refractivity contribution in [3.05, 3.63) is 0 Å². The summed E-state index contributed by atoms with van der Waals surface area (Å²) < 4.78 is 0. The molecule has 0 amide bonds. The third kappa shape index (κ3) is 3.05. The van der Waals surface area contributed by atoms with Gasteiger partial charge in [-0.25, -0.2) is 0 Å². The van der Waals surface area contributed by atoms with Gasteiger partial charge in [-0.2, -0.15) is 11.8 Å². The minimum Gasteiger partial charge on any atom is -0.388 e. The Bertz CT molecular complexity index is 173. The van der Waals surface area contributed by atoms with Gasteiger partial charge in [0.25, 0.3) is 0 Å². The summed E-state index contributed by atoms with van der Waals surface area (Å²) in [6, 6.07) is 0. The summed E-state index contributed by atoms with van der Waals surface area (Å²) in [4.78, 5) is 0. The van der Waals surface area contributed by atoms with Crippen LogP contribution in [0.4, 0.5) is 0 Å². The number of nitrogens with one attached hydrogen (secondary N) is 1. The van der Waals surface area contributed by atoms with E-state index in [1.54, 1.807) is 0 Å². The zero-order chi connectivity index (χ0) is 9.19. The summed E-state index contributed by atoms with van der Waals surface area (Å²) in [5.74, 6) is 1.54. The van der Waals surface area contributed by atoms with Crippen molar-refractivity contribution < 1.29 is 0 Å². The second kappa shape index (κ2) is 3.69. The van der Waals surface area contributed by atoms with E-state index in [9.17, 15) is 0 Å². The van der Waals surface area contributed by atoms with Crippen LogP contribution in [0.25, 0.3) is 0 Å². The Labute approximate surface area is 78.8 Å². The normalized spacial score (nSPS) is 19.6. The minimum atomic E-state index is 0.358.